The number of aromatic hydroxyl groups is 1. The molecule has 0 aliphatic carbocycles. The molecule has 0 fully saturated rings. The Morgan fingerprint density at radius 3 is 2.79 bits per heavy atom. The topological polar surface area (TPSA) is 72.5 Å². The molecule has 0 aromatic heterocycles. The number of hydrogen-bond acceptors (Lipinski definition) is 4. The maximum Gasteiger partial charge on any atom is 0.177 e. The van der Waals surface area contributed by atoms with Gasteiger partial charge in [0.15, 0.2) is 17.3 Å². The van der Waals surface area contributed by atoms with Crippen LogP contribution < -0.4 is 10.5 Å². The fourth-order valence-corrected chi connectivity index (χ4v) is 1.59. The van der Waals surface area contributed by atoms with Crippen LogP contribution in [0.4, 0.5) is 0 Å². The van der Waals surface area contributed by atoms with Gasteiger partial charge in [-0.3, -0.25) is 4.79 Å². The Hall–Kier alpha value is -1.07. The van der Waals surface area contributed by atoms with E-state index in [0.29, 0.717) is 15.8 Å². The van der Waals surface area contributed by atoms with Crippen molar-refractivity contribution in [3.8, 4) is 11.5 Å². The number of carbonyl (C=O) groups excluding carboxylic acids is 1. The minimum absolute atomic E-state index is 0.0909. The van der Waals surface area contributed by atoms with Crippen LogP contribution in [0.2, 0.25) is 0 Å². The standard InChI is InChI=1S/C9H10BrNO3/c1-14-7-3-2-5(6(12)4-11)8(10)9(7)13/h2-3,13H,4,11H2,1H3. The van der Waals surface area contributed by atoms with Gasteiger partial charge in [0, 0.05) is 5.56 Å². The van der Waals surface area contributed by atoms with Gasteiger partial charge in [0.25, 0.3) is 0 Å². The summed E-state index contributed by atoms with van der Waals surface area (Å²) < 4.78 is 5.18. The highest BCUT2D eigenvalue weighted by atomic mass is 79.9. The van der Waals surface area contributed by atoms with E-state index in [9.17, 15) is 9.90 Å². The number of nitrogens with two attached hydrogens (primary N) is 1. The van der Waals surface area contributed by atoms with Gasteiger partial charge < -0.3 is 15.6 Å². The van der Waals surface area contributed by atoms with Crippen LogP contribution in [0.15, 0.2) is 16.6 Å². The van der Waals surface area contributed by atoms with Crippen molar-refractivity contribution in [3.63, 3.8) is 0 Å². The third kappa shape index (κ3) is 1.88. The lowest BCUT2D eigenvalue weighted by atomic mass is 10.1. The second-order valence-corrected chi connectivity index (χ2v) is 3.40. The van der Waals surface area contributed by atoms with Crippen LogP contribution in [0.5, 0.6) is 11.5 Å². The van der Waals surface area contributed by atoms with Gasteiger partial charge in [-0.05, 0) is 28.1 Å². The first-order valence-electron chi connectivity index (χ1n) is 3.90. The van der Waals surface area contributed by atoms with Crippen molar-refractivity contribution in [2.24, 2.45) is 5.73 Å². The van der Waals surface area contributed by atoms with E-state index in [4.69, 9.17) is 10.5 Å². The van der Waals surface area contributed by atoms with Crippen LogP contribution in [0.3, 0.4) is 0 Å². The Balaban J connectivity index is 3.24. The van der Waals surface area contributed by atoms with E-state index in [1.54, 1.807) is 6.07 Å². The van der Waals surface area contributed by atoms with Crippen LogP contribution in [0.25, 0.3) is 0 Å². The summed E-state index contributed by atoms with van der Waals surface area (Å²) in [4.78, 5) is 11.3. The molecule has 1 aromatic rings. The number of carbonyl (C=O) groups is 1. The molecule has 76 valence electrons. The summed E-state index contributed by atoms with van der Waals surface area (Å²) >= 11 is 3.11. The summed E-state index contributed by atoms with van der Waals surface area (Å²) in [7, 11) is 1.44. The number of Topliss-reactive ketones (excluding diaryl/α,β-unsaturated/α-hetero) is 1. The van der Waals surface area contributed by atoms with Gasteiger partial charge in [0.1, 0.15) is 0 Å². The number of halogens is 1. The molecule has 0 unspecified atom stereocenters. The summed E-state index contributed by atoms with van der Waals surface area (Å²) in [6, 6.07) is 3.07. The molecule has 4 nitrogen and oxygen atoms in total. The lowest BCUT2D eigenvalue weighted by molar-refractivity contribution is 0.1000. The Morgan fingerprint density at radius 2 is 2.29 bits per heavy atom. The molecule has 0 bridgehead atoms. The fraction of sp³-hybridized carbons (Fsp3) is 0.222. The Morgan fingerprint density at radius 1 is 1.64 bits per heavy atom. The molecule has 1 aromatic carbocycles. The molecule has 1 rings (SSSR count). The van der Waals surface area contributed by atoms with Gasteiger partial charge in [0.05, 0.1) is 18.1 Å². The number of ether oxygens (including phenoxy) is 1. The second-order valence-electron chi connectivity index (χ2n) is 2.61. The highest BCUT2D eigenvalue weighted by Gasteiger charge is 2.14. The first kappa shape index (κ1) is 11.0. The second kappa shape index (κ2) is 4.43. The van der Waals surface area contributed by atoms with Crippen molar-refractivity contribution in [2.45, 2.75) is 0 Å². The first-order chi connectivity index (χ1) is 6.61. The number of benzene rings is 1. The summed E-state index contributed by atoms with van der Waals surface area (Å²) in [5.74, 6) is -0.0212. The molecule has 0 saturated heterocycles. The number of phenols is 1. The quantitative estimate of drug-likeness (QED) is 0.803. The smallest absolute Gasteiger partial charge is 0.177 e. The zero-order chi connectivity index (χ0) is 10.7. The molecule has 0 saturated carbocycles. The SMILES string of the molecule is COc1ccc(C(=O)CN)c(Br)c1O. The van der Waals surface area contributed by atoms with E-state index in [-0.39, 0.29) is 18.1 Å². The third-order valence-corrected chi connectivity index (χ3v) is 2.59. The van der Waals surface area contributed by atoms with Gasteiger partial charge in [-0.2, -0.15) is 0 Å². The average Bonchev–Trinajstić information content (AvgIpc) is 2.21. The molecule has 0 aliphatic heterocycles. The summed E-state index contributed by atoms with van der Waals surface area (Å²) in [6.45, 7) is -0.0929. The third-order valence-electron chi connectivity index (χ3n) is 1.78. The number of hydrogen-bond donors (Lipinski definition) is 2. The molecule has 0 aliphatic rings. The monoisotopic (exact) mass is 259 g/mol. The first-order valence-corrected chi connectivity index (χ1v) is 4.69. The van der Waals surface area contributed by atoms with Gasteiger partial charge in [-0.15, -0.1) is 0 Å². The highest BCUT2D eigenvalue weighted by Crippen LogP contribution is 2.36. The van der Waals surface area contributed by atoms with Crippen molar-refractivity contribution >= 4 is 21.7 Å². The average molecular weight is 260 g/mol. The van der Waals surface area contributed by atoms with E-state index >= 15 is 0 Å². The molecule has 0 spiro atoms. The molecule has 0 radical (unpaired) electrons. The van der Waals surface area contributed by atoms with Crippen molar-refractivity contribution < 1.29 is 14.6 Å². The molecule has 0 amide bonds. The molecule has 5 heteroatoms. The minimum Gasteiger partial charge on any atom is -0.503 e. The largest absolute Gasteiger partial charge is 0.503 e. The summed E-state index contributed by atoms with van der Waals surface area (Å²) in [6.07, 6.45) is 0. The van der Waals surface area contributed by atoms with Crippen LogP contribution >= 0.6 is 15.9 Å². The van der Waals surface area contributed by atoms with Crippen molar-refractivity contribution in [1.29, 1.82) is 0 Å². The number of phenolic OH excluding ortho intramolecular Hbond substituents is 1. The minimum atomic E-state index is -0.241. The zero-order valence-electron chi connectivity index (χ0n) is 7.58. The van der Waals surface area contributed by atoms with Gasteiger partial charge in [-0.1, -0.05) is 0 Å². The molecule has 3 N–H and O–H groups in total. The predicted molar refractivity (Wildman–Crippen MR) is 55.7 cm³/mol. The molecule has 0 atom stereocenters. The van der Waals surface area contributed by atoms with Crippen LogP contribution in [-0.4, -0.2) is 24.5 Å². The summed E-state index contributed by atoms with van der Waals surface area (Å²) in [5.41, 5.74) is 5.56. The normalized spacial score (nSPS) is 9.93. The molecule has 0 heterocycles. The maximum atomic E-state index is 11.3. The van der Waals surface area contributed by atoms with Gasteiger partial charge >= 0.3 is 0 Å². The van der Waals surface area contributed by atoms with Crippen LogP contribution in [0.1, 0.15) is 10.4 Å². The molecular weight excluding hydrogens is 250 g/mol. The van der Waals surface area contributed by atoms with E-state index < -0.39 is 0 Å². The van der Waals surface area contributed by atoms with Crippen molar-refractivity contribution in [1.82, 2.24) is 0 Å². The van der Waals surface area contributed by atoms with Gasteiger partial charge in [-0.25, -0.2) is 0 Å². The van der Waals surface area contributed by atoms with E-state index in [2.05, 4.69) is 15.9 Å². The maximum absolute atomic E-state index is 11.3. The number of rotatable bonds is 3. The Bertz CT molecular complexity index is 365. The molecule has 14 heavy (non-hydrogen) atoms. The predicted octanol–water partition coefficient (Wildman–Crippen LogP) is 1.30. The lowest BCUT2D eigenvalue weighted by Gasteiger charge is -2.08. The Kier molecular flexibility index (Phi) is 3.49. The summed E-state index contributed by atoms with van der Waals surface area (Å²) in [5, 5.41) is 9.56. The fourth-order valence-electron chi connectivity index (χ4n) is 1.04. The van der Waals surface area contributed by atoms with Crippen LogP contribution in [0, 0.1) is 0 Å². The number of methoxy groups -OCH3 is 1. The lowest BCUT2D eigenvalue weighted by Crippen LogP contribution is -2.14. The highest BCUT2D eigenvalue weighted by molar-refractivity contribution is 9.10. The van der Waals surface area contributed by atoms with E-state index in [1.165, 1.54) is 13.2 Å². The molecular formula is C9H10BrNO3. The van der Waals surface area contributed by atoms with E-state index in [1.807, 2.05) is 0 Å². The van der Waals surface area contributed by atoms with E-state index in [0.717, 1.165) is 0 Å². The van der Waals surface area contributed by atoms with Crippen molar-refractivity contribution in [3.05, 3.63) is 22.2 Å². The Labute approximate surface area is 89.8 Å². The van der Waals surface area contributed by atoms with Gasteiger partial charge in [0.2, 0.25) is 0 Å². The van der Waals surface area contributed by atoms with Crippen molar-refractivity contribution in [2.75, 3.05) is 13.7 Å². The van der Waals surface area contributed by atoms with Crippen LogP contribution in [-0.2, 0) is 0 Å². The number of ketones is 1. The zero-order valence-corrected chi connectivity index (χ0v) is 9.17.